The number of carbonyl (C=O) groups excluding carboxylic acids is 1. The van der Waals surface area contributed by atoms with Crippen LogP contribution in [0.25, 0.3) is 0 Å². The van der Waals surface area contributed by atoms with Gasteiger partial charge < -0.3 is 10.1 Å². The molecule has 0 saturated heterocycles. The molecule has 1 aromatic carbocycles. The van der Waals surface area contributed by atoms with Crippen LogP contribution in [0.4, 0.5) is 8.78 Å². The van der Waals surface area contributed by atoms with Gasteiger partial charge in [-0.25, -0.2) is 8.78 Å². The Bertz CT molecular complexity index is 473. The van der Waals surface area contributed by atoms with Crippen LogP contribution in [0.15, 0.2) is 18.2 Å². The lowest BCUT2D eigenvalue weighted by atomic mass is 9.68. The molecule has 5 heteroatoms. The molecule has 1 N–H and O–H groups in total. The summed E-state index contributed by atoms with van der Waals surface area (Å²) in [6.45, 7) is 0.724. The van der Waals surface area contributed by atoms with Crippen LogP contribution in [0.2, 0.25) is 0 Å². The van der Waals surface area contributed by atoms with E-state index in [-0.39, 0.29) is 12.5 Å². The predicted molar refractivity (Wildman–Crippen MR) is 66.4 cm³/mol. The number of benzene rings is 1. The number of nitrogens with one attached hydrogen (secondary N) is 1. The number of hydrogen-bond acceptors (Lipinski definition) is 3. The van der Waals surface area contributed by atoms with E-state index in [2.05, 4.69) is 5.32 Å². The van der Waals surface area contributed by atoms with Crippen molar-refractivity contribution in [2.24, 2.45) is 5.41 Å². The standard InChI is InChI=1S/C14H17F2NO2/c1-19-13(18)14(5-2-6-14)9-17-8-10-3-4-11(15)7-12(10)16/h3-4,7,17H,2,5-6,8-9H2,1H3. The molecule has 19 heavy (non-hydrogen) atoms. The highest BCUT2D eigenvalue weighted by Crippen LogP contribution is 2.41. The van der Waals surface area contributed by atoms with Crippen LogP contribution in [0.5, 0.6) is 0 Å². The molecular weight excluding hydrogens is 252 g/mol. The van der Waals surface area contributed by atoms with Crippen molar-refractivity contribution >= 4 is 5.97 Å². The zero-order chi connectivity index (χ0) is 13.9. The van der Waals surface area contributed by atoms with Crippen molar-refractivity contribution in [1.82, 2.24) is 5.32 Å². The Hall–Kier alpha value is -1.49. The van der Waals surface area contributed by atoms with Crippen LogP contribution in [0.1, 0.15) is 24.8 Å². The van der Waals surface area contributed by atoms with E-state index in [4.69, 9.17) is 4.74 Å². The fraction of sp³-hybridized carbons (Fsp3) is 0.500. The zero-order valence-corrected chi connectivity index (χ0v) is 10.8. The molecule has 0 aromatic heterocycles. The molecule has 0 amide bonds. The van der Waals surface area contributed by atoms with E-state index >= 15 is 0 Å². The largest absolute Gasteiger partial charge is 0.469 e. The smallest absolute Gasteiger partial charge is 0.313 e. The van der Waals surface area contributed by atoms with Crippen LogP contribution in [-0.2, 0) is 16.1 Å². The Morgan fingerprint density at radius 2 is 2.16 bits per heavy atom. The van der Waals surface area contributed by atoms with Crippen molar-refractivity contribution in [3.8, 4) is 0 Å². The van der Waals surface area contributed by atoms with Crippen LogP contribution >= 0.6 is 0 Å². The average Bonchev–Trinajstić information content (AvgIpc) is 2.34. The van der Waals surface area contributed by atoms with Gasteiger partial charge in [-0.1, -0.05) is 12.5 Å². The van der Waals surface area contributed by atoms with Crippen LogP contribution in [0, 0.1) is 17.0 Å². The third-order valence-corrected chi connectivity index (χ3v) is 3.72. The summed E-state index contributed by atoms with van der Waals surface area (Å²) in [6.07, 6.45) is 2.58. The Balaban J connectivity index is 1.91. The molecule has 1 aliphatic rings. The third-order valence-electron chi connectivity index (χ3n) is 3.72. The fourth-order valence-electron chi connectivity index (χ4n) is 2.37. The number of hydrogen-bond donors (Lipinski definition) is 1. The van der Waals surface area contributed by atoms with E-state index in [0.29, 0.717) is 12.1 Å². The highest BCUT2D eigenvalue weighted by molar-refractivity contribution is 5.78. The minimum absolute atomic E-state index is 0.217. The first kappa shape index (κ1) is 13.9. The SMILES string of the molecule is COC(=O)C1(CNCc2ccc(F)cc2F)CCC1. The van der Waals surface area contributed by atoms with Gasteiger partial charge >= 0.3 is 5.97 Å². The molecular formula is C14H17F2NO2. The van der Waals surface area contributed by atoms with Crippen molar-refractivity contribution in [1.29, 1.82) is 0 Å². The summed E-state index contributed by atoms with van der Waals surface area (Å²) < 4.78 is 31.0. The highest BCUT2D eigenvalue weighted by Gasteiger charge is 2.44. The summed E-state index contributed by atoms with van der Waals surface area (Å²) in [5.41, 5.74) is -0.0774. The first-order valence-corrected chi connectivity index (χ1v) is 6.30. The number of esters is 1. The van der Waals surface area contributed by atoms with Crippen LogP contribution in [-0.4, -0.2) is 19.6 Å². The van der Waals surface area contributed by atoms with Crippen molar-refractivity contribution in [2.75, 3.05) is 13.7 Å². The van der Waals surface area contributed by atoms with E-state index in [1.54, 1.807) is 0 Å². The lowest BCUT2D eigenvalue weighted by Crippen LogP contribution is -2.46. The van der Waals surface area contributed by atoms with E-state index in [1.165, 1.54) is 19.2 Å². The first-order valence-electron chi connectivity index (χ1n) is 6.30. The quantitative estimate of drug-likeness (QED) is 0.834. The van der Waals surface area contributed by atoms with E-state index in [1.807, 2.05) is 0 Å². The minimum atomic E-state index is -0.591. The summed E-state index contributed by atoms with van der Waals surface area (Å²) in [5.74, 6) is -1.38. The molecule has 104 valence electrons. The molecule has 0 heterocycles. The summed E-state index contributed by atoms with van der Waals surface area (Å²) in [5, 5.41) is 3.06. The maximum Gasteiger partial charge on any atom is 0.313 e. The van der Waals surface area contributed by atoms with Gasteiger partial charge in [-0.3, -0.25) is 4.79 Å². The number of methoxy groups -OCH3 is 1. The predicted octanol–water partition coefficient (Wildman–Crippen LogP) is 2.40. The molecule has 1 saturated carbocycles. The topological polar surface area (TPSA) is 38.3 Å². The van der Waals surface area contributed by atoms with Gasteiger partial charge in [-0.05, 0) is 18.9 Å². The Kier molecular flexibility index (Phi) is 4.14. The first-order chi connectivity index (χ1) is 9.07. The molecule has 0 bridgehead atoms. The fourth-order valence-corrected chi connectivity index (χ4v) is 2.37. The van der Waals surface area contributed by atoms with Gasteiger partial charge in [0.25, 0.3) is 0 Å². The van der Waals surface area contributed by atoms with Gasteiger partial charge in [0.2, 0.25) is 0 Å². The number of halogens is 2. The van der Waals surface area contributed by atoms with Gasteiger partial charge in [0, 0.05) is 24.7 Å². The lowest BCUT2D eigenvalue weighted by Gasteiger charge is -2.39. The van der Waals surface area contributed by atoms with Crippen LogP contribution < -0.4 is 5.32 Å². The normalized spacial score (nSPS) is 16.8. The van der Waals surface area contributed by atoms with Gasteiger partial charge in [0.05, 0.1) is 12.5 Å². The van der Waals surface area contributed by atoms with Crippen molar-refractivity contribution in [3.05, 3.63) is 35.4 Å². The second-order valence-electron chi connectivity index (χ2n) is 4.96. The molecule has 0 radical (unpaired) electrons. The summed E-state index contributed by atoms with van der Waals surface area (Å²) in [6, 6.07) is 3.49. The van der Waals surface area contributed by atoms with Gasteiger partial charge in [-0.15, -0.1) is 0 Å². The molecule has 0 atom stereocenters. The molecule has 0 unspecified atom stereocenters. The summed E-state index contributed by atoms with van der Waals surface area (Å²) in [7, 11) is 1.38. The molecule has 1 aliphatic carbocycles. The van der Waals surface area contributed by atoms with Crippen molar-refractivity contribution in [2.45, 2.75) is 25.8 Å². The van der Waals surface area contributed by atoms with Gasteiger partial charge in [-0.2, -0.15) is 0 Å². The third kappa shape index (κ3) is 2.92. The number of rotatable bonds is 5. The highest BCUT2D eigenvalue weighted by atomic mass is 19.1. The zero-order valence-electron chi connectivity index (χ0n) is 10.8. The summed E-state index contributed by atoms with van der Waals surface area (Å²) >= 11 is 0. The van der Waals surface area contributed by atoms with E-state index < -0.39 is 17.0 Å². The molecule has 1 aromatic rings. The minimum Gasteiger partial charge on any atom is -0.469 e. The monoisotopic (exact) mass is 269 g/mol. The van der Waals surface area contributed by atoms with Crippen LogP contribution in [0.3, 0.4) is 0 Å². The molecule has 0 spiro atoms. The van der Waals surface area contributed by atoms with E-state index in [9.17, 15) is 13.6 Å². The second kappa shape index (κ2) is 5.65. The molecule has 1 fully saturated rings. The van der Waals surface area contributed by atoms with Crippen molar-refractivity contribution < 1.29 is 18.3 Å². The Labute approximate surface area is 111 Å². The van der Waals surface area contributed by atoms with Gasteiger partial charge in [0.15, 0.2) is 0 Å². The maximum absolute atomic E-state index is 13.4. The van der Waals surface area contributed by atoms with E-state index in [0.717, 1.165) is 25.3 Å². The van der Waals surface area contributed by atoms with Crippen molar-refractivity contribution in [3.63, 3.8) is 0 Å². The lowest BCUT2D eigenvalue weighted by molar-refractivity contribution is -0.158. The summed E-state index contributed by atoms with van der Waals surface area (Å²) in [4.78, 5) is 11.7. The van der Waals surface area contributed by atoms with Gasteiger partial charge in [0.1, 0.15) is 11.6 Å². The Morgan fingerprint density at radius 3 is 2.68 bits per heavy atom. The molecule has 0 aliphatic heterocycles. The number of ether oxygens (including phenoxy) is 1. The molecule has 2 rings (SSSR count). The maximum atomic E-state index is 13.4. The average molecular weight is 269 g/mol. The number of carbonyl (C=O) groups is 1. The molecule has 3 nitrogen and oxygen atoms in total. The second-order valence-corrected chi connectivity index (χ2v) is 4.96. The Morgan fingerprint density at radius 1 is 1.42 bits per heavy atom.